The first-order valence-electron chi connectivity index (χ1n) is 8.39. The van der Waals surface area contributed by atoms with E-state index in [0.717, 1.165) is 18.4 Å². The molecule has 0 radical (unpaired) electrons. The standard InChI is InChI=1S/C19H27NO4/c1-5-19(22)20(15-7-8-16(21)11-15)12-14-6-9-17(24-13(2)3)18(10-14)23-4/h5-6,9-10,13,15-16,21H,1,7-8,11-12H2,2-4H3/t15-,16+/m1/s1. The van der Waals surface area contributed by atoms with Gasteiger partial charge < -0.3 is 19.5 Å². The predicted molar refractivity (Wildman–Crippen MR) is 93.2 cm³/mol. The third-order valence-electron chi connectivity index (χ3n) is 4.22. The zero-order chi connectivity index (χ0) is 17.7. The van der Waals surface area contributed by atoms with Crippen LogP contribution in [0, 0.1) is 0 Å². The number of hydrogen-bond acceptors (Lipinski definition) is 4. The molecule has 132 valence electrons. The van der Waals surface area contributed by atoms with Gasteiger partial charge in [-0.2, -0.15) is 0 Å². The van der Waals surface area contributed by atoms with E-state index >= 15 is 0 Å². The quantitative estimate of drug-likeness (QED) is 0.780. The Morgan fingerprint density at radius 3 is 2.71 bits per heavy atom. The molecule has 0 aromatic heterocycles. The van der Waals surface area contributed by atoms with E-state index in [0.29, 0.717) is 24.5 Å². The number of carbonyl (C=O) groups excluding carboxylic acids is 1. The fourth-order valence-electron chi connectivity index (χ4n) is 3.08. The van der Waals surface area contributed by atoms with Crippen LogP contribution in [-0.2, 0) is 11.3 Å². The lowest BCUT2D eigenvalue weighted by atomic mass is 10.1. The number of benzene rings is 1. The minimum Gasteiger partial charge on any atom is -0.493 e. The van der Waals surface area contributed by atoms with Crippen molar-refractivity contribution in [2.24, 2.45) is 0 Å². The van der Waals surface area contributed by atoms with Crippen LogP contribution in [0.4, 0.5) is 0 Å². The van der Waals surface area contributed by atoms with Crippen LogP contribution in [0.5, 0.6) is 11.5 Å². The minimum absolute atomic E-state index is 0.0445. The molecule has 24 heavy (non-hydrogen) atoms. The highest BCUT2D eigenvalue weighted by Crippen LogP contribution is 2.31. The van der Waals surface area contributed by atoms with Crippen molar-refractivity contribution >= 4 is 5.91 Å². The lowest BCUT2D eigenvalue weighted by Gasteiger charge is -2.28. The molecule has 1 fully saturated rings. The van der Waals surface area contributed by atoms with Crippen molar-refractivity contribution in [1.29, 1.82) is 0 Å². The number of ether oxygens (including phenoxy) is 2. The summed E-state index contributed by atoms with van der Waals surface area (Å²) in [6, 6.07) is 5.75. The highest BCUT2D eigenvalue weighted by molar-refractivity contribution is 5.87. The van der Waals surface area contributed by atoms with Crippen molar-refractivity contribution in [2.45, 2.75) is 57.9 Å². The van der Waals surface area contributed by atoms with Crippen LogP contribution in [0.2, 0.25) is 0 Å². The van der Waals surface area contributed by atoms with E-state index in [-0.39, 0.29) is 24.2 Å². The zero-order valence-corrected chi connectivity index (χ0v) is 14.7. The van der Waals surface area contributed by atoms with Gasteiger partial charge >= 0.3 is 0 Å². The summed E-state index contributed by atoms with van der Waals surface area (Å²) in [5, 5.41) is 9.77. The first kappa shape index (κ1) is 18.3. The maximum absolute atomic E-state index is 12.2. The molecular formula is C19H27NO4. The highest BCUT2D eigenvalue weighted by Gasteiger charge is 2.30. The van der Waals surface area contributed by atoms with E-state index in [1.807, 2.05) is 32.0 Å². The van der Waals surface area contributed by atoms with E-state index in [2.05, 4.69) is 6.58 Å². The molecule has 0 saturated heterocycles. The number of aliphatic hydroxyl groups is 1. The lowest BCUT2D eigenvalue weighted by Crippen LogP contribution is -2.37. The Balaban J connectivity index is 2.19. The first-order chi connectivity index (χ1) is 11.4. The summed E-state index contributed by atoms with van der Waals surface area (Å²) in [5.74, 6) is 1.23. The van der Waals surface area contributed by atoms with Gasteiger partial charge in [-0.1, -0.05) is 12.6 Å². The minimum atomic E-state index is -0.327. The second-order valence-electron chi connectivity index (χ2n) is 6.44. The second-order valence-corrected chi connectivity index (χ2v) is 6.44. The Labute approximate surface area is 143 Å². The van der Waals surface area contributed by atoms with Crippen molar-refractivity contribution in [3.63, 3.8) is 0 Å². The van der Waals surface area contributed by atoms with Gasteiger partial charge in [-0.25, -0.2) is 0 Å². The molecule has 2 rings (SSSR count). The molecule has 0 aliphatic heterocycles. The molecule has 1 aromatic carbocycles. The van der Waals surface area contributed by atoms with E-state index < -0.39 is 0 Å². The summed E-state index contributed by atoms with van der Waals surface area (Å²) < 4.78 is 11.1. The molecule has 2 atom stereocenters. The number of methoxy groups -OCH3 is 1. The number of amides is 1. The zero-order valence-electron chi connectivity index (χ0n) is 14.7. The third-order valence-corrected chi connectivity index (χ3v) is 4.22. The fraction of sp³-hybridized carbons (Fsp3) is 0.526. The van der Waals surface area contributed by atoms with Crippen molar-refractivity contribution in [3.05, 3.63) is 36.4 Å². The van der Waals surface area contributed by atoms with Crippen LogP contribution in [0.1, 0.15) is 38.7 Å². The molecule has 0 spiro atoms. The van der Waals surface area contributed by atoms with Crippen molar-refractivity contribution in [2.75, 3.05) is 7.11 Å². The third kappa shape index (κ3) is 4.51. The fourth-order valence-corrected chi connectivity index (χ4v) is 3.08. The van der Waals surface area contributed by atoms with Gasteiger partial charge in [0.05, 0.1) is 19.3 Å². The van der Waals surface area contributed by atoms with Gasteiger partial charge in [0.1, 0.15) is 0 Å². The number of hydrogen-bond donors (Lipinski definition) is 1. The van der Waals surface area contributed by atoms with Crippen molar-refractivity contribution in [3.8, 4) is 11.5 Å². The van der Waals surface area contributed by atoms with E-state index in [1.54, 1.807) is 12.0 Å². The number of aliphatic hydroxyl groups excluding tert-OH is 1. The largest absolute Gasteiger partial charge is 0.493 e. The molecule has 1 amide bonds. The van der Waals surface area contributed by atoms with Gasteiger partial charge in [-0.3, -0.25) is 4.79 Å². The first-order valence-corrected chi connectivity index (χ1v) is 8.39. The van der Waals surface area contributed by atoms with Crippen LogP contribution >= 0.6 is 0 Å². The molecule has 5 heteroatoms. The molecule has 1 aliphatic carbocycles. The Morgan fingerprint density at radius 1 is 1.42 bits per heavy atom. The number of nitrogens with zero attached hydrogens (tertiary/aromatic N) is 1. The monoisotopic (exact) mass is 333 g/mol. The number of rotatable bonds is 7. The Kier molecular flexibility index (Phi) is 6.26. The Hall–Kier alpha value is -2.01. The van der Waals surface area contributed by atoms with Crippen LogP contribution in [0.3, 0.4) is 0 Å². The molecule has 0 unspecified atom stereocenters. The summed E-state index contributed by atoms with van der Waals surface area (Å²) in [5.41, 5.74) is 0.958. The molecule has 1 aromatic rings. The topological polar surface area (TPSA) is 59.0 Å². The van der Waals surface area contributed by atoms with Gasteiger partial charge in [0.25, 0.3) is 0 Å². The molecule has 0 heterocycles. The van der Waals surface area contributed by atoms with Gasteiger partial charge in [-0.15, -0.1) is 0 Å². The predicted octanol–water partition coefficient (Wildman–Crippen LogP) is 2.91. The summed E-state index contributed by atoms with van der Waals surface area (Å²) in [7, 11) is 1.60. The van der Waals surface area contributed by atoms with Crippen LogP contribution in [0.15, 0.2) is 30.9 Å². The van der Waals surface area contributed by atoms with Gasteiger partial charge in [0.15, 0.2) is 11.5 Å². The highest BCUT2D eigenvalue weighted by atomic mass is 16.5. The molecule has 1 saturated carbocycles. The molecule has 1 N–H and O–H groups in total. The van der Waals surface area contributed by atoms with Gasteiger partial charge in [0, 0.05) is 12.6 Å². The van der Waals surface area contributed by atoms with Crippen molar-refractivity contribution in [1.82, 2.24) is 4.90 Å². The normalized spacial score (nSPS) is 20.0. The Morgan fingerprint density at radius 2 is 2.17 bits per heavy atom. The smallest absolute Gasteiger partial charge is 0.246 e. The SMILES string of the molecule is C=CC(=O)N(Cc1ccc(OC(C)C)c(OC)c1)[C@@H]1CC[C@H](O)C1. The maximum atomic E-state index is 12.2. The maximum Gasteiger partial charge on any atom is 0.246 e. The molecule has 1 aliphatic rings. The second kappa shape index (κ2) is 8.20. The summed E-state index contributed by atoms with van der Waals surface area (Å²) in [6.07, 6.45) is 3.22. The van der Waals surface area contributed by atoms with Crippen molar-refractivity contribution < 1.29 is 19.4 Å². The van der Waals surface area contributed by atoms with Gasteiger partial charge in [-0.05, 0) is 56.9 Å². The average molecular weight is 333 g/mol. The lowest BCUT2D eigenvalue weighted by molar-refractivity contribution is -0.128. The van der Waals surface area contributed by atoms with E-state index in [4.69, 9.17) is 9.47 Å². The summed E-state index contributed by atoms with van der Waals surface area (Å²) >= 11 is 0. The van der Waals surface area contributed by atoms with Crippen LogP contribution in [0.25, 0.3) is 0 Å². The van der Waals surface area contributed by atoms with Gasteiger partial charge in [0.2, 0.25) is 5.91 Å². The van der Waals surface area contributed by atoms with Crippen LogP contribution < -0.4 is 9.47 Å². The average Bonchev–Trinajstić information content (AvgIpc) is 2.98. The molecule has 5 nitrogen and oxygen atoms in total. The molecule has 0 bridgehead atoms. The van der Waals surface area contributed by atoms with E-state index in [9.17, 15) is 9.90 Å². The number of carbonyl (C=O) groups is 1. The summed E-state index contributed by atoms with van der Waals surface area (Å²) in [6.45, 7) is 7.98. The van der Waals surface area contributed by atoms with E-state index in [1.165, 1.54) is 6.08 Å². The summed E-state index contributed by atoms with van der Waals surface area (Å²) in [4.78, 5) is 14.0. The Bertz CT molecular complexity index is 585. The molecular weight excluding hydrogens is 306 g/mol. The van der Waals surface area contributed by atoms with Crippen LogP contribution in [-0.4, -0.2) is 41.3 Å².